The van der Waals surface area contributed by atoms with Gasteiger partial charge in [-0.2, -0.15) is 0 Å². The van der Waals surface area contributed by atoms with Crippen LogP contribution < -0.4 is 10.6 Å². The smallest absolute Gasteiger partial charge is 0.260 e. The van der Waals surface area contributed by atoms with E-state index in [1.54, 1.807) is 46.4 Å². The third kappa shape index (κ3) is 8.47. The molecule has 0 aromatic rings. The summed E-state index contributed by atoms with van der Waals surface area (Å²) < 4.78 is 0. The largest absolute Gasteiger partial charge is 0.314 e. The molecule has 0 aromatic carbocycles. The fourth-order valence-electron chi connectivity index (χ4n) is 3.67. The van der Waals surface area contributed by atoms with E-state index in [9.17, 15) is 30.0 Å². The number of carbonyl (C=O) groups is 3. The maximum absolute atomic E-state index is 13.0. The minimum absolute atomic E-state index is 0.157. The van der Waals surface area contributed by atoms with Crippen molar-refractivity contribution in [2.45, 2.75) is 78.0 Å². The monoisotopic (exact) mass is 474 g/mol. The van der Waals surface area contributed by atoms with Crippen LogP contribution in [0.3, 0.4) is 0 Å². The minimum Gasteiger partial charge on any atom is -0.314 e. The first kappa shape index (κ1) is 29.2. The van der Waals surface area contributed by atoms with Crippen LogP contribution in [0, 0.1) is 0 Å². The molecule has 1 aliphatic heterocycles. The zero-order valence-corrected chi connectivity index (χ0v) is 20.7. The van der Waals surface area contributed by atoms with E-state index in [1.807, 2.05) is 0 Å². The molecule has 0 aliphatic carbocycles. The van der Waals surface area contributed by atoms with Crippen LogP contribution in [0.2, 0.25) is 0 Å². The van der Waals surface area contributed by atoms with Crippen LogP contribution in [0.1, 0.15) is 54.4 Å². The van der Waals surface area contributed by atoms with Crippen LogP contribution in [0.15, 0.2) is 0 Å². The Balaban J connectivity index is 3.44. The highest BCUT2D eigenvalue weighted by atomic mass is 16.5. The quantitative estimate of drug-likeness (QED) is 0.228. The SMILES string of the molecule is CC(C)N(O)C(=O)CN1CCNCCNCC1(CC(=O)N(O)C(C)C)CC(=O)N(O)C(C)C. The van der Waals surface area contributed by atoms with Crippen molar-refractivity contribution in [3.8, 4) is 0 Å². The van der Waals surface area contributed by atoms with E-state index in [0.717, 1.165) is 0 Å². The number of rotatable bonds is 9. The lowest BCUT2D eigenvalue weighted by Crippen LogP contribution is -2.62. The number of nitrogens with zero attached hydrogens (tertiary/aromatic N) is 4. The van der Waals surface area contributed by atoms with E-state index in [1.165, 1.54) is 0 Å². The number of amides is 3. The molecule has 1 saturated heterocycles. The highest BCUT2D eigenvalue weighted by Crippen LogP contribution is 2.27. The van der Waals surface area contributed by atoms with E-state index in [0.29, 0.717) is 41.4 Å². The minimum atomic E-state index is -1.24. The van der Waals surface area contributed by atoms with Crippen LogP contribution in [-0.4, -0.2) is 116 Å². The first-order valence-corrected chi connectivity index (χ1v) is 11.5. The maximum atomic E-state index is 13.0. The van der Waals surface area contributed by atoms with Crippen molar-refractivity contribution in [2.24, 2.45) is 0 Å². The molecule has 192 valence electrons. The van der Waals surface area contributed by atoms with Crippen molar-refractivity contribution in [1.82, 2.24) is 30.7 Å². The van der Waals surface area contributed by atoms with Crippen LogP contribution in [0.5, 0.6) is 0 Å². The molecule has 0 radical (unpaired) electrons. The predicted octanol–water partition coefficient (Wildman–Crippen LogP) is -0.121. The van der Waals surface area contributed by atoms with E-state index in [2.05, 4.69) is 10.6 Å². The number of hydrogen-bond donors (Lipinski definition) is 5. The Hall–Kier alpha value is -1.83. The normalized spacial score (nSPS) is 17.5. The Bertz CT molecular complexity index is 631. The maximum Gasteiger partial charge on any atom is 0.260 e. The van der Waals surface area contributed by atoms with Gasteiger partial charge in [0.2, 0.25) is 11.8 Å². The first-order valence-electron chi connectivity index (χ1n) is 11.5. The zero-order chi connectivity index (χ0) is 25.3. The Morgan fingerprint density at radius 2 is 1.18 bits per heavy atom. The van der Waals surface area contributed by atoms with Crippen molar-refractivity contribution in [2.75, 3.05) is 39.3 Å². The molecule has 1 rings (SSSR count). The second-order valence-electron chi connectivity index (χ2n) is 9.42. The van der Waals surface area contributed by atoms with Gasteiger partial charge in [0.05, 0.1) is 30.2 Å². The molecule has 0 aromatic heterocycles. The third-order valence-corrected chi connectivity index (χ3v) is 5.68. The molecule has 0 atom stereocenters. The van der Waals surface area contributed by atoms with Gasteiger partial charge in [-0.25, -0.2) is 15.2 Å². The van der Waals surface area contributed by atoms with Crippen molar-refractivity contribution in [1.29, 1.82) is 0 Å². The molecule has 0 unspecified atom stereocenters. The predicted molar refractivity (Wildman–Crippen MR) is 121 cm³/mol. The molecule has 3 amide bonds. The van der Waals surface area contributed by atoms with Gasteiger partial charge in [0.25, 0.3) is 5.91 Å². The Labute approximate surface area is 196 Å². The van der Waals surface area contributed by atoms with E-state index < -0.39 is 41.4 Å². The molecule has 33 heavy (non-hydrogen) atoms. The summed E-state index contributed by atoms with van der Waals surface area (Å²) in [6, 6.07) is -1.41. The Morgan fingerprint density at radius 3 is 1.64 bits per heavy atom. The average molecular weight is 475 g/mol. The van der Waals surface area contributed by atoms with Gasteiger partial charge < -0.3 is 10.6 Å². The van der Waals surface area contributed by atoms with E-state index in [-0.39, 0.29) is 25.9 Å². The molecule has 0 spiro atoms. The van der Waals surface area contributed by atoms with Gasteiger partial charge in [0.15, 0.2) is 0 Å². The highest BCUT2D eigenvalue weighted by Gasteiger charge is 2.44. The fraction of sp³-hybridized carbons (Fsp3) is 0.857. The Kier molecular flexibility index (Phi) is 11.6. The topological polar surface area (TPSA) is 149 Å². The van der Waals surface area contributed by atoms with Gasteiger partial charge in [-0.3, -0.25) is 34.9 Å². The first-order chi connectivity index (χ1) is 15.3. The van der Waals surface area contributed by atoms with E-state index >= 15 is 0 Å². The van der Waals surface area contributed by atoms with Crippen LogP contribution >= 0.6 is 0 Å². The standard InChI is InChI=1S/C21H42N6O6/c1-15(2)25(31)18(28)11-21(12-19(29)26(32)16(3)4)14-23-8-7-22-9-10-24(21)13-20(30)27(33)17(5)6/h15-17,22-23,31-33H,7-14H2,1-6H3. The van der Waals surface area contributed by atoms with Crippen molar-refractivity contribution in [3.63, 3.8) is 0 Å². The summed E-state index contributed by atoms with van der Waals surface area (Å²) in [5.74, 6) is -1.80. The summed E-state index contributed by atoms with van der Waals surface area (Å²) in [5.41, 5.74) is -1.24. The molecule has 1 heterocycles. The number of nitrogens with one attached hydrogen (secondary N) is 2. The van der Waals surface area contributed by atoms with Gasteiger partial charge in [0, 0.05) is 45.6 Å². The van der Waals surface area contributed by atoms with Crippen LogP contribution in [0.4, 0.5) is 0 Å². The molecule has 0 bridgehead atoms. The summed E-state index contributed by atoms with van der Waals surface area (Å²) in [6.45, 7) is 11.8. The molecule has 5 N–H and O–H groups in total. The summed E-state index contributed by atoms with van der Waals surface area (Å²) in [6.07, 6.45) is -0.542. The molecule has 0 saturated carbocycles. The number of carbonyl (C=O) groups excluding carboxylic acids is 3. The molecule has 12 nitrogen and oxygen atoms in total. The van der Waals surface area contributed by atoms with E-state index in [4.69, 9.17) is 0 Å². The summed E-state index contributed by atoms with van der Waals surface area (Å²) in [5, 5.41) is 39.0. The summed E-state index contributed by atoms with van der Waals surface area (Å²) in [7, 11) is 0. The third-order valence-electron chi connectivity index (χ3n) is 5.68. The highest BCUT2D eigenvalue weighted by molar-refractivity contribution is 5.82. The van der Waals surface area contributed by atoms with Gasteiger partial charge >= 0.3 is 0 Å². The summed E-state index contributed by atoms with van der Waals surface area (Å²) in [4.78, 5) is 40.4. The molecule has 12 heteroatoms. The second kappa shape index (κ2) is 13.2. The molecule has 1 fully saturated rings. The fourth-order valence-corrected chi connectivity index (χ4v) is 3.67. The second-order valence-corrected chi connectivity index (χ2v) is 9.42. The van der Waals surface area contributed by atoms with Gasteiger partial charge in [-0.15, -0.1) is 0 Å². The summed E-state index contributed by atoms with van der Waals surface area (Å²) >= 11 is 0. The van der Waals surface area contributed by atoms with Crippen LogP contribution in [-0.2, 0) is 14.4 Å². The van der Waals surface area contributed by atoms with Gasteiger partial charge in [-0.1, -0.05) is 0 Å². The average Bonchev–Trinajstić information content (AvgIpc) is 2.83. The number of hydroxylamine groups is 6. The van der Waals surface area contributed by atoms with Crippen molar-refractivity contribution < 1.29 is 30.0 Å². The number of hydrogen-bond acceptors (Lipinski definition) is 9. The van der Waals surface area contributed by atoms with Crippen molar-refractivity contribution >= 4 is 17.7 Å². The van der Waals surface area contributed by atoms with Crippen molar-refractivity contribution in [3.05, 3.63) is 0 Å². The molecule has 1 aliphatic rings. The lowest BCUT2D eigenvalue weighted by atomic mass is 9.86. The molecular formula is C21H42N6O6. The lowest BCUT2D eigenvalue weighted by molar-refractivity contribution is -0.184. The molecular weight excluding hydrogens is 432 g/mol. The van der Waals surface area contributed by atoms with Gasteiger partial charge in [0.1, 0.15) is 0 Å². The Morgan fingerprint density at radius 1 is 0.758 bits per heavy atom. The van der Waals surface area contributed by atoms with Gasteiger partial charge in [-0.05, 0) is 41.5 Å². The zero-order valence-electron chi connectivity index (χ0n) is 20.7. The lowest BCUT2D eigenvalue weighted by Gasteiger charge is -2.44. The van der Waals surface area contributed by atoms with Crippen LogP contribution in [0.25, 0.3) is 0 Å².